The Balaban J connectivity index is 2.54. The topological polar surface area (TPSA) is 46.6 Å². The van der Waals surface area contributed by atoms with Gasteiger partial charge in [0, 0.05) is 12.8 Å². The Bertz CT molecular complexity index is 154. The molecule has 1 heterocycles. The van der Waals surface area contributed by atoms with Crippen molar-refractivity contribution in [2.45, 2.75) is 12.8 Å². The van der Waals surface area contributed by atoms with Crippen molar-refractivity contribution in [1.82, 2.24) is 5.06 Å². The molecule has 56 valence electrons. The third kappa shape index (κ3) is 1.27. The van der Waals surface area contributed by atoms with Crippen LogP contribution in [0, 0.1) is 0 Å². The van der Waals surface area contributed by atoms with Gasteiger partial charge in [0.05, 0.1) is 0 Å². The molecule has 4 nitrogen and oxygen atoms in total. The molecule has 0 saturated carbocycles. The minimum atomic E-state index is -0.314. The first-order valence-corrected chi connectivity index (χ1v) is 3.34. The van der Waals surface area contributed by atoms with Gasteiger partial charge in [0.15, 0.2) is 0 Å². The van der Waals surface area contributed by atoms with Crippen LogP contribution in [0.25, 0.3) is 0 Å². The summed E-state index contributed by atoms with van der Waals surface area (Å²) >= 11 is 5.14. The number of rotatable bonds is 2. The van der Waals surface area contributed by atoms with Gasteiger partial charge < -0.3 is 0 Å². The zero-order chi connectivity index (χ0) is 7.56. The number of carbonyl (C=O) groups excluding carboxylic acids is 2. The maximum absolute atomic E-state index is 10.7. The predicted molar refractivity (Wildman–Crippen MR) is 32.9 cm³/mol. The number of nitrogens with zero attached hydrogens (tertiary/aromatic N) is 1. The van der Waals surface area contributed by atoms with Gasteiger partial charge in [-0.25, -0.2) is 4.84 Å². The van der Waals surface area contributed by atoms with Gasteiger partial charge >= 0.3 is 0 Å². The number of halogens is 1. The van der Waals surface area contributed by atoms with Gasteiger partial charge in [-0.2, -0.15) is 5.06 Å². The fourth-order valence-corrected chi connectivity index (χ4v) is 0.846. The lowest BCUT2D eigenvalue weighted by atomic mass is 10.4. The predicted octanol–water partition coefficient (Wildman–Crippen LogP) is 0.263. The van der Waals surface area contributed by atoms with Crippen LogP contribution in [0.15, 0.2) is 0 Å². The number of imide groups is 1. The summed E-state index contributed by atoms with van der Waals surface area (Å²) in [4.78, 5) is 25.9. The van der Waals surface area contributed by atoms with Crippen molar-refractivity contribution in [3.8, 4) is 0 Å². The molecule has 0 spiro atoms. The van der Waals surface area contributed by atoms with E-state index in [0.717, 1.165) is 0 Å². The van der Waals surface area contributed by atoms with E-state index < -0.39 is 0 Å². The minimum Gasteiger partial charge on any atom is -0.272 e. The second-order valence-electron chi connectivity index (χ2n) is 1.82. The first-order chi connectivity index (χ1) is 4.75. The quantitative estimate of drug-likeness (QED) is 0.434. The van der Waals surface area contributed by atoms with E-state index in [1.54, 1.807) is 0 Å². The average molecular weight is 164 g/mol. The molecule has 1 aliphatic rings. The maximum Gasteiger partial charge on any atom is 0.254 e. The zero-order valence-electron chi connectivity index (χ0n) is 5.17. The molecule has 0 atom stereocenters. The van der Waals surface area contributed by atoms with Gasteiger partial charge in [-0.15, -0.1) is 0 Å². The second kappa shape index (κ2) is 2.98. The van der Waals surface area contributed by atoms with Gasteiger partial charge in [0.25, 0.3) is 11.8 Å². The minimum absolute atomic E-state index is 0.169. The third-order valence-corrected chi connectivity index (χ3v) is 1.28. The summed E-state index contributed by atoms with van der Waals surface area (Å²) in [7, 11) is 0. The molecule has 0 bridgehead atoms. The van der Waals surface area contributed by atoms with Gasteiger partial charge in [-0.05, 0) is 0 Å². The summed E-state index contributed by atoms with van der Waals surface area (Å²) in [6, 6.07) is -0.169. The molecule has 5 heteroatoms. The van der Waals surface area contributed by atoms with Crippen LogP contribution in [0.4, 0.5) is 0 Å². The van der Waals surface area contributed by atoms with Crippen molar-refractivity contribution in [3.05, 3.63) is 0 Å². The van der Waals surface area contributed by atoms with Gasteiger partial charge in [0.1, 0.15) is 6.07 Å². The number of carbonyl (C=O) groups is 2. The lowest BCUT2D eigenvalue weighted by molar-refractivity contribution is -0.181. The monoisotopic (exact) mass is 163 g/mol. The Morgan fingerprint density at radius 3 is 2.30 bits per heavy atom. The smallest absolute Gasteiger partial charge is 0.254 e. The van der Waals surface area contributed by atoms with Crippen LogP contribution in [0.3, 0.4) is 0 Å². The molecule has 0 unspecified atom stereocenters. The van der Waals surface area contributed by atoms with Crippen LogP contribution in [-0.2, 0) is 14.4 Å². The molecule has 0 aromatic rings. The van der Waals surface area contributed by atoms with E-state index in [1.807, 2.05) is 0 Å². The highest BCUT2D eigenvalue weighted by Crippen LogP contribution is 2.11. The zero-order valence-corrected chi connectivity index (χ0v) is 5.93. The number of alkyl halides is 1. The van der Waals surface area contributed by atoms with Crippen molar-refractivity contribution >= 4 is 23.4 Å². The Morgan fingerprint density at radius 2 is 1.90 bits per heavy atom. The number of hydrogen-bond donors (Lipinski definition) is 0. The summed E-state index contributed by atoms with van der Waals surface area (Å²) in [5.41, 5.74) is 0. The molecular weight excluding hydrogens is 158 g/mol. The Morgan fingerprint density at radius 1 is 1.40 bits per heavy atom. The van der Waals surface area contributed by atoms with Crippen LogP contribution < -0.4 is 0 Å². The van der Waals surface area contributed by atoms with Crippen LogP contribution in [0.2, 0.25) is 0 Å². The lowest BCUT2D eigenvalue weighted by Crippen LogP contribution is -2.28. The molecule has 1 saturated heterocycles. The summed E-state index contributed by atoms with van der Waals surface area (Å²) < 4.78 is 0. The van der Waals surface area contributed by atoms with Crippen molar-refractivity contribution in [1.29, 1.82) is 0 Å². The van der Waals surface area contributed by atoms with Crippen molar-refractivity contribution < 1.29 is 14.4 Å². The SMILES string of the molecule is O=C1CCC(=O)N1OCCl. The van der Waals surface area contributed by atoms with Crippen LogP contribution >= 0.6 is 11.6 Å². The molecule has 0 aliphatic carbocycles. The Kier molecular flexibility index (Phi) is 2.24. The molecule has 1 aliphatic heterocycles. The molecule has 0 N–H and O–H groups in total. The first kappa shape index (κ1) is 7.50. The first-order valence-electron chi connectivity index (χ1n) is 2.80. The van der Waals surface area contributed by atoms with Gasteiger partial charge in [-0.3, -0.25) is 9.59 Å². The molecule has 1 fully saturated rings. The van der Waals surface area contributed by atoms with Crippen LogP contribution in [-0.4, -0.2) is 22.9 Å². The fourth-order valence-electron chi connectivity index (χ4n) is 0.749. The van der Waals surface area contributed by atoms with E-state index in [9.17, 15) is 9.59 Å². The van der Waals surface area contributed by atoms with E-state index in [-0.39, 0.29) is 30.7 Å². The highest BCUT2D eigenvalue weighted by molar-refractivity contribution is 6.17. The summed E-state index contributed by atoms with van der Waals surface area (Å²) in [6.07, 6.45) is 0.464. The number of amides is 2. The normalized spacial score (nSPS) is 18.7. The molecule has 2 amide bonds. The molecular formula is C5H6ClNO3. The molecule has 10 heavy (non-hydrogen) atoms. The van der Waals surface area contributed by atoms with E-state index in [4.69, 9.17) is 11.6 Å². The highest BCUT2D eigenvalue weighted by atomic mass is 35.5. The summed E-state index contributed by atoms with van der Waals surface area (Å²) in [5, 5.41) is 0.715. The maximum atomic E-state index is 10.7. The Hall–Kier alpha value is -0.610. The standard InChI is InChI=1S/C5H6ClNO3/c6-3-10-7-4(8)1-2-5(7)9/h1-3H2. The van der Waals surface area contributed by atoms with Gasteiger partial charge in [-0.1, -0.05) is 11.6 Å². The molecule has 1 rings (SSSR count). The highest BCUT2D eigenvalue weighted by Gasteiger charge is 2.29. The largest absolute Gasteiger partial charge is 0.272 e. The lowest BCUT2D eigenvalue weighted by Gasteiger charge is -2.09. The fraction of sp³-hybridized carbons (Fsp3) is 0.600. The van der Waals surface area contributed by atoms with E-state index >= 15 is 0 Å². The van der Waals surface area contributed by atoms with Crippen LogP contribution in [0.5, 0.6) is 0 Å². The number of hydroxylamine groups is 2. The summed E-state index contributed by atoms with van der Waals surface area (Å²) in [5.74, 6) is -0.628. The third-order valence-electron chi connectivity index (χ3n) is 1.18. The van der Waals surface area contributed by atoms with E-state index in [1.165, 1.54) is 0 Å². The second-order valence-corrected chi connectivity index (χ2v) is 2.04. The molecule has 0 aromatic heterocycles. The van der Waals surface area contributed by atoms with Crippen molar-refractivity contribution in [2.24, 2.45) is 0 Å². The van der Waals surface area contributed by atoms with Crippen LogP contribution in [0.1, 0.15) is 12.8 Å². The summed E-state index contributed by atoms with van der Waals surface area (Å²) in [6.45, 7) is 0. The average Bonchev–Trinajstić information content (AvgIpc) is 2.20. The molecule has 0 radical (unpaired) electrons. The Labute approximate surface area is 62.6 Å². The van der Waals surface area contributed by atoms with E-state index in [0.29, 0.717) is 5.06 Å². The van der Waals surface area contributed by atoms with Crippen molar-refractivity contribution in [2.75, 3.05) is 6.07 Å². The van der Waals surface area contributed by atoms with Gasteiger partial charge in [0.2, 0.25) is 0 Å². The molecule has 0 aromatic carbocycles. The number of hydrogen-bond acceptors (Lipinski definition) is 3. The van der Waals surface area contributed by atoms with E-state index in [2.05, 4.69) is 4.84 Å². The van der Waals surface area contributed by atoms with Crippen molar-refractivity contribution in [3.63, 3.8) is 0 Å².